The monoisotopic (exact) mass is 345 g/mol. The summed E-state index contributed by atoms with van der Waals surface area (Å²) in [5.74, 6) is 0.630. The average Bonchev–Trinajstić information content (AvgIpc) is 2.92. The van der Waals surface area contributed by atoms with Crippen LogP contribution >= 0.6 is 0 Å². The van der Waals surface area contributed by atoms with Crippen LogP contribution in [0.4, 0.5) is 0 Å². The van der Waals surface area contributed by atoms with E-state index in [1.54, 1.807) is 0 Å². The number of aliphatic hydroxyl groups is 1. The Morgan fingerprint density at radius 3 is 1.83 bits per heavy atom. The van der Waals surface area contributed by atoms with Crippen molar-refractivity contribution in [1.29, 1.82) is 0 Å². The minimum absolute atomic E-state index is 0. The zero-order valence-corrected chi connectivity index (χ0v) is 13.5. The molecule has 0 aliphatic heterocycles. The van der Waals surface area contributed by atoms with Gasteiger partial charge >= 0.3 is 19.5 Å². The van der Waals surface area contributed by atoms with Crippen LogP contribution in [0.1, 0.15) is 51.4 Å². The van der Waals surface area contributed by atoms with Gasteiger partial charge in [0, 0.05) is 18.7 Å². The van der Waals surface area contributed by atoms with Crippen LogP contribution in [0.15, 0.2) is 5.16 Å². The van der Waals surface area contributed by atoms with E-state index in [1.165, 1.54) is 38.3 Å². The molecule has 2 aliphatic carbocycles. The standard InChI is InChI=1S/C7H13NO2.C5H10.2CH3.Ru/c9-5-7-3-1-2-6(7)4-8-10;1-2-4-5-3-1;;;/h4,6-7,9-10H,1-3,5H2;1-5H2;2*1H3;/q;;2*-1;+2/b8-4+;;;;. The summed E-state index contributed by atoms with van der Waals surface area (Å²) in [6.07, 6.45) is 12.3. The van der Waals surface area contributed by atoms with Crippen molar-refractivity contribution in [3.05, 3.63) is 14.9 Å². The Morgan fingerprint density at radius 1 is 0.944 bits per heavy atom. The predicted molar refractivity (Wildman–Crippen MR) is 74.1 cm³/mol. The molecule has 0 aromatic carbocycles. The number of hydrogen-bond donors (Lipinski definition) is 2. The Bertz CT molecular complexity index is 177. The maximum Gasteiger partial charge on any atom is 2.00 e. The molecule has 0 aromatic heterocycles. The van der Waals surface area contributed by atoms with Crippen molar-refractivity contribution < 1.29 is 29.8 Å². The van der Waals surface area contributed by atoms with E-state index in [0.29, 0.717) is 11.8 Å². The van der Waals surface area contributed by atoms with Gasteiger partial charge in [-0.2, -0.15) is 0 Å². The molecular weight excluding hydrogens is 315 g/mol. The van der Waals surface area contributed by atoms with E-state index < -0.39 is 0 Å². The van der Waals surface area contributed by atoms with Crippen LogP contribution < -0.4 is 0 Å². The van der Waals surface area contributed by atoms with Crippen molar-refractivity contribution in [2.24, 2.45) is 17.0 Å². The summed E-state index contributed by atoms with van der Waals surface area (Å²) in [5, 5.41) is 20.0. The molecule has 2 rings (SSSR count). The molecule has 18 heavy (non-hydrogen) atoms. The van der Waals surface area contributed by atoms with Crippen molar-refractivity contribution in [2.75, 3.05) is 6.61 Å². The smallest absolute Gasteiger partial charge is 0.411 e. The minimum atomic E-state index is 0. The van der Waals surface area contributed by atoms with Crippen LogP contribution in [0, 0.1) is 26.7 Å². The van der Waals surface area contributed by atoms with Crippen molar-refractivity contribution in [2.45, 2.75) is 51.4 Å². The first-order chi connectivity index (χ1) is 7.38. The summed E-state index contributed by atoms with van der Waals surface area (Å²) < 4.78 is 0. The molecule has 3 nitrogen and oxygen atoms in total. The second kappa shape index (κ2) is 15.1. The van der Waals surface area contributed by atoms with Crippen molar-refractivity contribution in [3.63, 3.8) is 0 Å². The quantitative estimate of drug-likeness (QED) is 0.264. The van der Waals surface area contributed by atoms with Gasteiger partial charge in [-0.05, 0) is 18.8 Å². The summed E-state index contributed by atoms with van der Waals surface area (Å²) >= 11 is 0. The van der Waals surface area contributed by atoms with Gasteiger partial charge in [0.05, 0.1) is 0 Å². The van der Waals surface area contributed by atoms with Crippen LogP contribution in [0.2, 0.25) is 0 Å². The van der Waals surface area contributed by atoms with Gasteiger partial charge in [-0.1, -0.05) is 38.5 Å². The Labute approximate surface area is 126 Å². The summed E-state index contributed by atoms with van der Waals surface area (Å²) in [5.41, 5.74) is 0. The van der Waals surface area contributed by atoms with E-state index in [1.807, 2.05) is 0 Å². The van der Waals surface area contributed by atoms with E-state index >= 15 is 0 Å². The molecule has 0 heterocycles. The summed E-state index contributed by atoms with van der Waals surface area (Å²) in [4.78, 5) is 0. The number of aliphatic hydroxyl groups excluding tert-OH is 1. The third-order valence-electron chi connectivity index (χ3n) is 3.46. The molecule has 2 aliphatic rings. The molecule has 4 heteroatoms. The van der Waals surface area contributed by atoms with Crippen LogP contribution in [-0.2, 0) is 19.5 Å². The Balaban J connectivity index is -0.000000245. The van der Waals surface area contributed by atoms with Gasteiger partial charge in [0.25, 0.3) is 0 Å². The molecule has 0 aromatic rings. The van der Waals surface area contributed by atoms with Gasteiger partial charge in [0.15, 0.2) is 0 Å². The van der Waals surface area contributed by atoms with E-state index in [9.17, 15) is 0 Å². The van der Waals surface area contributed by atoms with Crippen molar-refractivity contribution in [1.82, 2.24) is 0 Å². The molecular formula is C14H29NO2Ru. The van der Waals surface area contributed by atoms with Crippen molar-refractivity contribution in [3.8, 4) is 0 Å². The van der Waals surface area contributed by atoms with E-state index in [4.69, 9.17) is 10.3 Å². The Hall–Kier alpha value is 0.0534. The third kappa shape index (κ3) is 9.05. The number of nitrogens with zero attached hydrogens (tertiary/aromatic N) is 1. The topological polar surface area (TPSA) is 52.8 Å². The summed E-state index contributed by atoms with van der Waals surface area (Å²) in [6.45, 7) is 0.219. The van der Waals surface area contributed by atoms with Crippen molar-refractivity contribution >= 4 is 6.21 Å². The molecule has 2 saturated carbocycles. The van der Waals surface area contributed by atoms with Crippen LogP contribution in [0.25, 0.3) is 0 Å². The minimum Gasteiger partial charge on any atom is -0.411 e. The maximum absolute atomic E-state index is 8.82. The number of hydrogen-bond acceptors (Lipinski definition) is 3. The van der Waals surface area contributed by atoms with E-state index in [0.717, 1.165) is 19.3 Å². The molecule has 2 N–H and O–H groups in total. The van der Waals surface area contributed by atoms with E-state index in [2.05, 4.69) is 5.16 Å². The molecule has 110 valence electrons. The van der Waals surface area contributed by atoms with Gasteiger partial charge in [-0.3, -0.25) is 0 Å². The fourth-order valence-electron chi connectivity index (χ4n) is 2.46. The summed E-state index contributed by atoms with van der Waals surface area (Å²) in [6, 6.07) is 0. The fraction of sp³-hybridized carbons (Fsp3) is 0.786. The molecule has 2 fully saturated rings. The molecule has 2 unspecified atom stereocenters. The molecule has 2 atom stereocenters. The molecule has 0 amide bonds. The van der Waals surface area contributed by atoms with E-state index in [-0.39, 0.29) is 40.9 Å². The third-order valence-corrected chi connectivity index (χ3v) is 3.46. The number of oxime groups is 1. The first kappa shape index (κ1) is 23.2. The molecule has 0 radical (unpaired) electrons. The fourth-order valence-corrected chi connectivity index (χ4v) is 2.46. The van der Waals surface area contributed by atoms with Crippen LogP contribution in [-0.4, -0.2) is 23.1 Å². The zero-order chi connectivity index (χ0) is 10.9. The second-order valence-electron chi connectivity index (χ2n) is 4.57. The summed E-state index contributed by atoms with van der Waals surface area (Å²) in [7, 11) is 0. The maximum atomic E-state index is 8.82. The first-order valence-electron chi connectivity index (χ1n) is 6.17. The molecule has 0 bridgehead atoms. The largest absolute Gasteiger partial charge is 2.00 e. The zero-order valence-electron chi connectivity index (χ0n) is 11.8. The molecule has 0 saturated heterocycles. The Morgan fingerprint density at radius 2 is 1.44 bits per heavy atom. The number of rotatable bonds is 2. The first-order valence-corrected chi connectivity index (χ1v) is 6.17. The predicted octanol–water partition coefficient (Wildman–Crippen LogP) is 3.70. The second-order valence-corrected chi connectivity index (χ2v) is 4.57. The van der Waals surface area contributed by atoms with Gasteiger partial charge in [0.1, 0.15) is 0 Å². The van der Waals surface area contributed by atoms with Crippen LogP contribution in [0.3, 0.4) is 0 Å². The van der Waals surface area contributed by atoms with Gasteiger partial charge in [-0.25, -0.2) is 0 Å². The van der Waals surface area contributed by atoms with Gasteiger partial charge in [-0.15, -0.1) is 5.16 Å². The normalized spacial score (nSPS) is 25.4. The average molecular weight is 344 g/mol. The van der Waals surface area contributed by atoms with Crippen LogP contribution in [0.5, 0.6) is 0 Å². The SMILES string of the molecule is C1CCCC1.OCC1CCCC1/C=N/O.[CH3-].[CH3-].[Ru+2]. The molecule has 0 spiro atoms. The van der Waals surface area contributed by atoms with Gasteiger partial charge < -0.3 is 25.2 Å². The van der Waals surface area contributed by atoms with Gasteiger partial charge in [0.2, 0.25) is 0 Å². The Kier molecular flexibility index (Phi) is 19.5.